The van der Waals surface area contributed by atoms with E-state index in [0.717, 1.165) is 0 Å². The molecular weight excluding hydrogens is 366 g/mol. The number of anilines is 1. The van der Waals surface area contributed by atoms with Crippen molar-refractivity contribution in [3.63, 3.8) is 0 Å². The first-order chi connectivity index (χ1) is 12.0. The van der Waals surface area contributed by atoms with Crippen molar-refractivity contribution in [1.82, 2.24) is 10.2 Å². The second-order valence-corrected chi connectivity index (χ2v) is 5.47. The number of hydrogen-bond acceptors (Lipinski definition) is 6. The van der Waals surface area contributed by atoms with Crippen LogP contribution < -0.4 is 20.1 Å². The quantitative estimate of drug-likeness (QED) is 0.645. The number of hydrogen-bond donors (Lipinski definition) is 3. The van der Waals surface area contributed by atoms with Gasteiger partial charge in [-0.2, -0.15) is 0 Å². The molecule has 26 heavy (non-hydrogen) atoms. The number of fused-ring (bicyclic) bond motifs is 1. The lowest BCUT2D eigenvalue weighted by molar-refractivity contribution is -0.138. The molecule has 0 radical (unpaired) electrons. The van der Waals surface area contributed by atoms with Gasteiger partial charge in [-0.05, 0) is 25.1 Å². The Morgan fingerprint density at radius 3 is 2.50 bits per heavy atom. The number of amides is 3. The average molecular weight is 388 g/mol. The second-order valence-electron chi connectivity index (χ2n) is 5.47. The van der Waals surface area contributed by atoms with E-state index in [0.29, 0.717) is 43.4 Å². The van der Waals surface area contributed by atoms with E-state index in [1.165, 1.54) is 4.90 Å². The number of carbonyl (C=O) groups is 3. The number of ether oxygens (including phenoxy) is 2. The van der Waals surface area contributed by atoms with Crippen LogP contribution in [-0.2, 0) is 9.59 Å². The molecule has 10 heteroatoms. The summed E-state index contributed by atoms with van der Waals surface area (Å²) in [6.45, 7) is 2.79. The van der Waals surface area contributed by atoms with E-state index in [4.69, 9.17) is 14.6 Å². The van der Waals surface area contributed by atoms with E-state index in [2.05, 4.69) is 10.6 Å². The second kappa shape index (κ2) is 10.5. The van der Waals surface area contributed by atoms with Crippen LogP contribution in [0.25, 0.3) is 0 Å². The maximum atomic E-state index is 11.9. The highest BCUT2D eigenvalue weighted by molar-refractivity contribution is 6.02. The zero-order valence-corrected chi connectivity index (χ0v) is 15.1. The van der Waals surface area contributed by atoms with Crippen LogP contribution in [0.5, 0.6) is 11.5 Å². The molecule has 0 fully saturated rings. The van der Waals surface area contributed by atoms with Gasteiger partial charge in [-0.3, -0.25) is 19.8 Å². The first-order valence-corrected chi connectivity index (χ1v) is 7.92. The van der Waals surface area contributed by atoms with Gasteiger partial charge in [0.2, 0.25) is 5.91 Å². The third-order valence-electron chi connectivity index (χ3n) is 3.32. The Labute approximate surface area is 157 Å². The molecule has 3 N–H and O–H groups in total. The topological polar surface area (TPSA) is 117 Å². The van der Waals surface area contributed by atoms with Crippen molar-refractivity contribution >= 4 is 36.0 Å². The van der Waals surface area contributed by atoms with E-state index in [-0.39, 0.29) is 25.5 Å². The van der Waals surface area contributed by atoms with Crippen LogP contribution in [0.2, 0.25) is 0 Å². The number of carbonyl (C=O) groups excluding carboxylic acids is 2. The Hall–Kier alpha value is -2.52. The molecule has 3 amide bonds. The fraction of sp³-hybridized carbons (Fsp3) is 0.438. The van der Waals surface area contributed by atoms with Crippen LogP contribution in [0.3, 0.4) is 0 Å². The van der Waals surface area contributed by atoms with Gasteiger partial charge >= 0.3 is 12.0 Å². The first-order valence-electron chi connectivity index (χ1n) is 7.92. The summed E-state index contributed by atoms with van der Waals surface area (Å²) >= 11 is 0. The van der Waals surface area contributed by atoms with Gasteiger partial charge in [0.15, 0.2) is 11.5 Å². The van der Waals surface area contributed by atoms with Crippen LogP contribution in [0.4, 0.5) is 10.5 Å². The Balaban J connectivity index is 0.00000338. The summed E-state index contributed by atoms with van der Waals surface area (Å²) in [6.07, 6.45) is 0.698. The number of rotatable bonds is 7. The molecule has 0 spiro atoms. The molecule has 2 rings (SSSR count). The summed E-state index contributed by atoms with van der Waals surface area (Å²) in [5.41, 5.74) is 0.450. The lowest BCUT2D eigenvalue weighted by Crippen LogP contribution is -2.43. The Morgan fingerprint density at radius 1 is 1.15 bits per heavy atom. The number of urea groups is 1. The normalized spacial score (nSPS) is 12.1. The predicted octanol–water partition coefficient (Wildman–Crippen LogP) is 1.32. The standard InChI is InChI=1S/C16H21N3O6.ClH/c1-2-5-19(10-15(21)22)9-14(20)18-16(23)17-11-3-4-12-13(8-11)25-7-6-24-12;/h3-4,8H,2,5-7,9-10H2,1H3,(H,21,22)(H2,17,18,20,23);1H. The summed E-state index contributed by atoms with van der Waals surface area (Å²) in [5, 5.41) is 13.5. The molecule has 9 nitrogen and oxygen atoms in total. The highest BCUT2D eigenvalue weighted by Crippen LogP contribution is 2.32. The minimum atomic E-state index is -1.03. The van der Waals surface area contributed by atoms with Crippen molar-refractivity contribution in [3.05, 3.63) is 18.2 Å². The average Bonchev–Trinajstić information content (AvgIpc) is 2.54. The molecule has 0 saturated heterocycles. The lowest BCUT2D eigenvalue weighted by Gasteiger charge is -2.19. The largest absolute Gasteiger partial charge is 0.486 e. The van der Waals surface area contributed by atoms with Crippen LogP contribution in [0.15, 0.2) is 18.2 Å². The number of aliphatic carboxylic acids is 1. The SMILES string of the molecule is CCCN(CC(=O)O)CC(=O)NC(=O)Nc1ccc2c(c1)OCCO2.Cl. The van der Waals surface area contributed by atoms with Crippen LogP contribution >= 0.6 is 12.4 Å². The highest BCUT2D eigenvalue weighted by atomic mass is 35.5. The van der Waals surface area contributed by atoms with Crippen molar-refractivity contribution < 1.29 is 29.0 Å². The molecule has 0 saturated carbocycles. The van der Waals surface area contributed by atoms with Gasteiger partial charge in [-0.1, -0.05) is 6.92 Å². The van der Waals surface area contributed by atoms with Gasteiger partial charge < -0.3 is 19.9 Å². The van der Waals surface area contributed by atoms with Crippen molar-refractivity contribution in [3.8, 4) is 11.5 Å². The van der Waals surface area contributed by atoms with Gasteiger partial charge in [0.1, 0.15) is 13.2 Å². The molecule has 0 bridgehead atoms. The maximum Gasteiger partial charge on any atom is 0.325 e. The number of imide groups is 1. The molecule has 1 aromatic rings. The summed E-state index contributed by atoms with van der Waals surface area (Å²) in [7, 11) is 0. The van der Waals surface area contributed by atoms with Gasteiger partial charge in [0, 0.05) is 11.8 Å². The predicted molar refractivity (Wildman–Crippen MR) is 96.2 cm³/mol. The number of halogens is 1. The van der Waals surface area contributed by atoms with Crippen molar-refractivity contribution in [1.29, 1.82) is 0 Å². The summed E-state index contributed by atoms with van der Waals surface area (Å²) in [6, 6.07) is 4.20. The molecule has 0 aromatic heterocycles. The van der Waals surface area contributed by atoms with Crippen LogP contribution in [0.1, 0.15) is 13.3 Å². The number of carboxylic acid groups (broad SMARTS) is 1. The van der Waals surface area contributed by atoms with Gasteiger partial charge in [-0.25, -0.2) is 4.79 Å². The van der Waals surface area contributed by atoms with Crippen LogP contribution in [0, 0.1) is 0 Å². The van der Waals surface area contributed by atoms with E-state index >= 15 is 0 Å². The fourth-order valence-electron chi connectivity index (χ4n) is 2.37. The molecule has 0 atom stereocenters. The Kier molecular flexibility index (Phi) is 8.66. The molecular formula is C16H22ClN3O6. The smallest absolute Gasteiger partial charge is 0.325 e. The summed E-state index contributed by atoms with van der Waals surface area (Å²) in [5.74, 6) is -0.491. The summed E-state index contributed by atoms with van der Waals surface area (Å²) < 4.78 is 10.8. The van der Waals surface area contributed by atoms with Crippen molar-refractivity contribution in [2.75, 3.05) is 38.2 Å². The van der Waals surface area contributed by atoms with E-state index in [9.17, 15) is 14.4 Å². The monoisotopic (exact) mass is 387 g/mol. The lowest BCUT2D eigenvalue weighted by atomic mass is 10.2. The van der Waals surface area contributed by atoms with E-state index in [1.807, 2.05) is 6.92 Å². The fourth-order valence-corrected chi connectivity index (χ4v) is 2.37. The van der Waals surface area contributed by atoms with Gasteiger partial charge in [-0.15, -0.1) is 12.4 Å². The molecule has 1 heterocycles. The number of nitrogens with zero attached hydrogens (tertiary/aromatic N) is 1. The van der Waals surface area contributed by atoms with Crippen molar-refractivity contribution in [2.24, 2.45) is 0 Å². The number of nitrogens with one attached hydrogen (secondary N) is 2. The molecule has 1 aliphatic rings. The number of benzene rings is 1. The number of carboxylic acids is 1. The molecule has 1 aromatic carbocycles. The molecule has 144 valence electrons. The Morgan fingerprint density at radius 2 is 1.85 bits per heavy atom. The molecule has 0 unspecified atom stereocenters. The maximum absolute atomic E-state index is 11.9. The third kappa shape index (κ3) is 6.77. The van der Waals surface area contributed by atoms with Gasteiger partial charge in [0.25, 0.3) is 0 Å². The van der Waals surface area contributed by atoms with E-state index in [1.54, 1.807) is 18.2 Å². The van der Waals surface area contributed by atoms with Crippen LogP contribution in [-0.4, -0.2) is 60.8 Å². The Bertz CT molecular complexity index is 655. The minimum absolute atomic E-state index is 0. The molecule has 0 aliphatic carbocycles. The van der Waals surface area contributed by atoms with Crippen molar-refractivity contribution in [2.45, 2.75) is 13.3 Å². The highest BCUT2D eigenvalue weighted by Gasteiger charge is 2.16. The first kappa shape index (κ1) is 21.5. The van der Waals surface area contributed by atoms with E-state index < -0.39 is 17.9 Å². The molecule has 1 aliphatic heterocycles. The zero-order valence-electron chi connectivity index (χ0n) is 14.3. The third-order valence-corrected chi connectivity index (χ3v) is 3.32. The van der Waals surface area contributed by atoms with Gasteiger partial charge in [0.05, 0.1) is 13.1 Å². The zero-order chi connectivity index (χ0) is 18.2. The minimum Gasteiger partial charge on any atom is -0.486 e. The summed E-state index contributed by atoms with van der Waals surface area (Å²) in [4.78, 5) is 36.0.